The summed E-state index contributed by atoms with van der Waals surface area (Å²) in [7, 11) is 0. The van der Waals surface area contributed by atoms with Crippen LogP contribution in [0.25, 0.3) is 0 Å². The fourth-order valence-electron chi connectivity index (χ4n) is 5.52. The number of amides is 1. The van der Waals surface area contributed by atoms with Gasteiger partial charge < -0.3 is 15.5 Å². The number of nitrogens with one attached hydrogen (secondary N) is 2. The molecule has 0 spiro atoms. The predicted molar refractivity (Wildman–Crippen MR) is 98.5 cm³/mol. The number of nitrogens with zero attached hydrogens (tertiary/aromatic N) is 2. The lowest BCUT2D eigenvalue weighted by molar-refractivity contribution is -0.126. The summed E-state index contributed by atoms with van der Waals surface area (Å²) in [6.07, 6.45) is 6.19. The van der Waals surface area contributed by atoms with Crippen molar-refractivity contribution in [2.24, 2.45) is 11.8 Å². The highest BCUT2D eigenvalue weighted by atomic mass is 35.5. The monoisotopic (exact) mass is 390 g/mol. The number of hydrogen-bond donors (Lipinski definition) is 2. The molecule has 5 nitrogen and oxygen atoms in total. The molecule has 0 aromatic heterocycles. The number of hydrogen-bond acceptors (Lipinski definition) is 4. The van der Waals surface area contributed by atoms with Crippen LogP contribution in [0.1, 0.15) is 31.2 Å². The second-order valence-corrected chi connectivity index (χ2v) is 8.96. The SMILES string of the molecule is N#CN1[C@H]2CC[C@@H]1[C@H](NC(=O)[C@H]1CN[C@@]3(c4cc(Cl)cc(Cl)c4)C[C@@H]13)C2. The van der Waals surface area contributed by atoms with E-state index in [1.54, 1.807) is 6.07 Å². The lowest BCUT2D eigenvalue weighted by Crippen LogP contribution is -2.46. The molecule has 1 aliphatic carbocycles. The molecule has 0 radical (unpaired) electrons. The highest BCUT2D eigenvalue weighted by Crippen LogP contribution is 2.60. The summed E-state index contributed by atoms with van der Waals surface area (Å²) in [6.45, 7) is 0.670. The highest BCUT2D eigenvalue weighted by molar-refractivity contribution is 6.34. The molecule has 3 aliphatic heterocycles. The number of nitriles is 1. The first-order valence-electron chi connectivity index (χ1n) is 9.22. The van der Waals surface area contributed by atoms with E-state index in [0.29, 0.717) is 22.6 Å². The molecule has 4 aliphatic rings. The quantitative estimate of drug-likeness (QED) is 0.778. The lowest BCUT2D eigenvalue weighted by Gasteiger charge is -2.23. The predicted octanol–water partition coefficient (Wildman–Crippen LogP) is 2.63. The minimum Gasteiger partial charge on any atom is -0.351 e. The van der Waals surface area contributed by atoms with Crippen LogP contribution in [0.3, 0.4) is 0 Å². The van der Waals surface area contributed by atoms with E-state index >= 15 is 0 Å². The van der Waals surface area contributed by atoms with Crippen molar-refractivity contribution in [2.45, 2.75) is 49.3 Å². The minimum absolute atomic E-state index is 0.0394. The molecular weight excluding hydrogens is 371 g/mol. The number of carbonyl (C=O) groups excluding carboxylic acids is 1. The van der Waals surface area contributed by atoms with Crippen molar-refractivity contribution in [1.29, 1.82) is 5.26 Å². The fraction of sp³-hybridized carbons (Fsp3) is 0.579. The first-order chi connectivity index (χ1) is 12.5. The van der Waals surface area contributed by atoms with E-state index in [1.165, 1.54) is 0 Å². The van der Waals surface area contributed by atoms with Gasteiger partial charge in [0.1, 0.15) is 0 Å². The molecule has 3 saturated heterocycles. The Hall–Kier alpha value is -1.48. The number of rotatable bonds is 3. The molecule has 1 aromatic rings. The van der Waals surface area contributed by atoms with Crippen LogP contribution < -0.4 is 10.6 Å². The number of carbonyl (C=O) groups is 1. The maximum Gasteiger partial charge on any atom is 0.225 e. The standard InChI is InChI=1S/C19H20Cl2N4O/c20-11-3-10(4-12(21)5-11)19-7-15(19)14(8-23-19)18(26)24-16-6-13-1-2-17(16)25(13)9-22/h3-5,13-17,23H,1-2,6-8H2,(H,24,26)/t13-,14-,15-,16+,17+,19+/m0/s1. The Balaban J connectivity index is 1.28. The van der Waals surface area contributed by atoms with Crippen LogP contribution in [0.15, 0.2) is 18.2 Å². The molecule has 4 fully saturated rings. The van der Waals surface area contributed by atoms with Crippen molar-refractivity contribution < 1.29 is 4.79 Å². The third-order valence-electron chi connectivity index (χ3n) is 6.83. The normalized spacial score (nSPS) is 39.6. The average molecular weight is 391 g/mol. The summed E-state index contributed by atoms with van der Waals surface area (Å²) >= 11 is 12.3. The minimum atomic E-state index is -0.163. The van der Waals surface area contributed by atoms with Crippen molar-refractivity contribution in [1.82, 2.24) is 15.5 Å². The highest BCUT2D eigenvalue weighted by Gasteiger charge is 2.64. The van der Waals surface area contributed by atoms with Crippen LogP contribution in [-0.4, -0.2) is 35.5 Å². The van der Waals surface area contributed by atoms with E-state index < -0.39 is 0 Å². The molecular formula is C19H20Cl2N4O. The van der Waals surface area contributed by atoms with Crippen LogP contribution in [0, 0.1) is 23.3 Å². The number of benzene rings is 1. The second-order valence-electron chi connectivity index (χ2n) is 8.08. The molecule has 0 unspecified atom stereocenters. The Bertz CT molecular complexity index is 804. The van der Waals surface area contributed by atoms with Gasteiger partial charge in [0.05, 0.1) is 18.0 Å². The smallest absolute Gasteiger partial charge is 0.225 e. The molecule has 2 bridgehead atoms. The Kier molecular flexibility index (Phi) is 3.69. The van der Waals surface area contributed by atoms with Gasteiger partial charge in [-0.1, -0.05) is 23.2 Å². The summed E-state index contributed by atoms with van der Waals surface area (Å²) in [4.78, 5) is 14.8. The van der Waals surface area contributed by atoms with Gasteiger partial charge in [-0.15, -0.1) is 0 Å². The fourth-order valence-corrected chi connectivity index (χ4v) is 6.05. The van der Waals surface area contributed by atoms with Gasteiger partial charge in [-0.3, -0.25) is 4.79 Å². The van der Waals surface area contributed by atoms with Gasteiger partial charge in [-0.05, 0) is 55.4 Å². The van der Waals surface area contributed by atoms with Gasteiger partial charge >= 0.3 is 0 Å². The summed E-state index contributed by atoms with van der Waals surface area (Å²) in [5.74, 6) is 0.357. The summed E-state index contributed by atoms with van der Waals surface area (Å²) in [6, 6.07) is 6.22. The van der Waals surface area contributed by atoms with Gasteiger partial charge in [0.15, 0.2) is 6.19 Å². The van der Waals surface area contributed by atoms with Gasteiger partial charge in [0.25, 0.3) is 0 Å². The van der Waals surface area contributed by atoms with Crippen LogP contribution in [0.5, 0.6) is 0 Å². The zero-order valence-corrected chi connectivity index (χ0v) is 15.7. The Morgan fingerprint density at radius 1 is 1.31 bits per heavy atom. The summed E-state index contributed by atoms with van der Waals surface area (Å²) in [5.41, 5.74) is 0.912. The first kappa shape index (κ1) is 16.7. The first-order valence-corrected chi connectivity index (χ1v) is 9.97. The van der Waals surface area contributed by atoms with Crippen molar-refractivity contribution in [2.75, 3.05) is 6.54 Å². The Morgan fingerprint density at radius 2 is 2.08 bits per heavy atom. The molecule has 5 rings (SSSR count). The van der Waals surface area contributed by atoms with E-state index in [1.807, 2.05) is 17.0 Å². The molecule has 3 heterocycles. The molecule has 1 aromatic carbocycles. The van der Waals surface area contributed by atoms with E-state index in [2.05, 4.69) is 16.8 Å². The zero-order chi connectivity index (χ0) is 18.1. The Morgan fingerprint density at radius 3 is 2.73 bits per heavy atom. The molecule has 1 amide bonds. The number of halogens is 2. The van der Waals surface area contributed by atoms with E-state index in [4.69, 9.17) is 23.2 Å². The third kappa shape index (κ3) is 2.36. The van der Waals surface area contributed by atoms with Crippen molar-refractivity contribution in [3.8, 4) is 6.19 Å². The molecule has 7 heteroatoms. The maximum atomic E-state index is 12.9. The molecule has 6 atom stereocenters. The third-order valence-corrected chi connectivity index (χ3v) is 7.27. The van der Waals surface area contributed by atoms with Gasteiger partial charge in [-0.25, -0.2) is 0 Å². The van der Waals surface area contributed by atoms with Crippen molar-refractivity contribution in [3.63, 3.8) is 0 Å². The molecule has 26 heavy (non-hydrogen) atoms. The van der Waals surface area contributed by atoms with Gasteiger partial charge in [0.2, 0.25) is 5.91 Å². The van der Waals surface area contributed by atoms with Crippen LogP contribution in [-0.2, 0) is 10.3 Å². The topological polar surface area (TPSA) is 68.2 Å². The summed E-state index contributed by atoms with van der Waals surface area (Å²) < 4.78 is 0. The number of fused-ring (bicyclic) bond motifs is 3. The van der Waals surface area contributed by atoms with E-state index in [-0.39, 0.29) is 35.4 Å². The average Bonchev–Trinajstić information content (AvgIpc) is 2.91. The van der Waals surface area contributed by atoms with E-state index in [0.717, 1.165) is 31.2 Å². The van der Waals surface area contributed by atoms with Crippen molar-refractivity contribution in [3.05, 3.63) is 33.8 Å². The second kappa shape index (κ2) is 5.76. The van der Waals surface area contributed by atoms with Crippen molar-refractivity contribution >= 4 is 29.1 Å². The van der Waals surface area contributed by atoms with Gasteiger partial charge in [0, 0.05) is 28.2 Å². The maximum absolute atomic E-state index is 12.9. The molecule has 136 valence electrons. The van der Waals surface area contributed by atoms with Crippen LogP contribution in [0.2, 0.25) is 10.0 Å². The number of piperidine rings is 1. The van der Waals surface area contributed by atoms with E-state index in [9.17, 15) is 10.1 Å². The molecule has 2 N–H and O–H groups in total. The lowest BCUT2D eigenvalue weighted by atomic mass is 9.94. The zero-order valence-electron chi connectivity index (χ0n) is 14.2. The van der Waals surface area contributed by atoms with Crippen LogP contribution in [0.4, 0.5) is 0 Å². The Labute approximate surface area is 162 Å². The largest absolute Gasteiger partial charge is 0.351 e. The van der Waals surface area contributed by atoms with Crippen LogP contribution >= 0.6 is 23.2 Å². The van der Waals surface area contributed by atoms with Gasteiger partial charge in [-0.2, -0.15) is 5.26 Å². The summed E-state index contributed by atoms with van der Waals surface area (Å²) in [5, 5.41) is 17.3. The molecule has 1 saturated carbocycles.